The topological polar surface area (TPSA) is 35.9 Å². The van der Waals surface area contributed by atoms with Crippen molar-refractivity contribution in [3.63, 3.8) is 0 Å². The second-order valence-electron chi connectivity index (χ2n) is 5.85. The van der Waals surface area contributed by atoms with Gasteiger partial charge in [0.25, 0.3) is 0 Å². The van der Waals surface area contributed by atoms with Gasteiger partial charge in [-0.2, -0.15) is 5.10 Å². The van der Waals surface area contributed by atoms with Crippen LogP contribution in [-0.4, -0.2) is 41.7 Å². The lowest BCUT2D eigenvalue weighted by Gasteiger charge is -2.33. The summed E-state index contributed by atoms with van der Waals surface area (Å²) in [5, 5.41) is 6.08. The van der Waals surface area contributed by atoms with E-state index in [4.69, 9.17) is 0 Å². The maximum absolute atomic E-state index is 12.8. The van der Waals surface area contributed by atoms with Crippen molar-refractivity contribution in [1.29, 1.82) is 0 Å². The Morgan fingerprint density at radius 3 is 2.62 bits per heavy atom. The summed E-state index contributed by atoms with van der Waals surface area (Å²) < 4.78 is 0. The van der Waals surface area contributed by atoms with Crippen LogP contribution < -0.4 is 0 Å². The zero-order valence-corrected chi connectivity index (χ0v) is 12.6. The van der Waals surface area contributed by atoms with Crippen LogP contribution in [0.2, 0.25) is 0 Å². The predicted octanol–water partition coefficient (Wildman–Crippen LogP) is 2.68. The molecule has 4 nitrogen and oxygen atoms in total. The van der Waals surface area contributed by atoms with Crippen LogP contribution in [0.5, 0.6) is 0 Å². The highest BCUT2D eigenvalue weighted by atomic mass is 16.2. The first-order valence-corrected chi connectivity index (χ1v) is 7.92. The average Bonchev–Trinajstić information content (AvgIpc) is 3.04. The quantitative estimate of drug-likeness (QED) is 0.856. The molecule has 21 heavy (non-hydrogen) atoms. The van der Waals surface area contributed by atoms with Crippen molar-refractivity contribution in [2.24, 2.45) is 11.0 Å². The van der Waals surface area contributed by atoms with Crippen LogP contribution in [-0.2, 0) is 4.79 Å². The van der Waals surface area contributed by atoms with Gasteiger partial charge in [-0.25, -0.2) is 5.01 Å². The molecule has 0 N–H and O–H groups in total. The first kappa shape index (κ1) is 14.3. The molecule has 112 valence electrons. The van der Waals surface area contributed by atoms with Gasteiger partial charge in [0.15, 0.2) is 0 Å². The lowest BCUT2D eigenvalue weighted by atomic mass is 9.94. The molecule has 0 aromatic heterocycles. The fourth-order valence-corrected chi connectivity index (χ4v) is 3.26. The Hall–Kier alpha value is -1.68. The molecule has 0 saturated carbocycles. The van der Waals surface area contributed by atoms with E-state index < -0.39 is 0 Å². The number of nitrogens with zero attached hydrogens (tertiary/aromatic N) is 3. The van der Waals surface area contributed by atoms with E-state index in [1.807, 2.05) is 24.4 Å². The van der Waals surface area contributed by atoms with E-state index in [1.54, 1.807) is 5.01 Å². The molecule has 2 heterocycles. The summed E-state index contributed by atoms with van der Waals surface area (Å²) in [6.07, 6.45) is 4.61. The Labute approximate surface area is 126 Å². The number of likely N-dealkylation sites (tertiary alicyclic amines) is 1. The molecule has 1 unspecified atom stereocenters. The van der Waals surface area contributed by atoms with Crippen LogP contribution in [0.3, 0.4) is 0 Å². The van der Waals surface area contributed by atoms with Gasteiger partial charge in [-0.3, -0.25) is 4.79 Å². The molecule has 1 amide bonds. The average molecular weight is 285 g/mol. The SMILES string of the molecule is CCN1CCC(C(=O)N2N=CCC2c2ccccc2)CC1. The van der Waals surface area contributed by atoms with Crippen LogP contribution in [0.15, 0.2) is 35.4 Å². The van der Waals surface area contributed by atoms with Crippen molar-refractivity contribution in [3.8, 4) is 0 Å². The van der Waals surface area contributed by atoms with Crippen LogP contribution >= 0.6 is 0 Å². The zero-order valence-electron chi connectivity index (χ0n) is 12.6. The molecule has 2 aliphatic rings. The molecular weight excluding hydrogens is 262 g/mol. The maximum atomic E-state index is 12.8. The van der Waals surface area contributed by atoms with Gasteiger partial charge >= 0.3 is 0 Å². The van der Waals surface area contributed by atoms with Gasteiger partial charge < -0.3 is 4.90 Å². The van der Waals surface area contributed by atoms with Gasteiger partial charge in [-0.1, -0.05) is 37.3 Å². The minimum atomic E-state index is 0.0860. The number of hydrazone groups is 1. The Kier molecular flexibility index (Phi) is 4.34. The van der Waals surface area contributed by atoms with Crippen molar-refractivity contribution in [2.45, 2.75) is 32.2 Å². The van der Waals surface area contributed by atoms with E-state index in [-0.39, 0.29) is 17.9 Å². The molecule has 4 heteroatoms. The molecule has 0 spiro atoms. The number of carbonyl (C=O) groups excluding carboxylic acids is 1. The Balaban J connectivity index is 1.68. The summed E-state index contributed by atoms with van der Waals surface area (Å²) in [5.41, 5.74) is 1.18. The van der Waals surface area contributed by atoms with Crippen molar-refractivity contribution in [3.05, 3.63) is 35.9 Å². The predicted molar refractivity (Wildman–Crippen MR) is 84.0 cm³/mol. The number of rotatable bonds is 3. The van der Waals surface area contributed by atoms with Crippen molar-refractivity contribution in [1.82, 2.24) is 9.91 Å². The van der Waals surface area contributed by atoms with Crippen molar-refractivity contribution < 1.29 is 4.79 Å². The summed E-state index contributed by atoms with van der Waals surface area (Å²) in [6.45, 7) is 5.31. The smallest absolute Gasteiger partial charge is 0.246 e. The summed E-state index contributed by atoms with van der Waals surface area (Å²) in [6, 6.07) is 10.3. The van der Waals surface area contributed by atoms with E-state index in [0.717, 1.165) is 38.9 Å². The number of piperidine rings is 1. The number of hydrogen-bond acceptors (Lipinski definition) is 3. The highest BCUT2D eigenvalue weighted by Crippen LogP contribution is 2.31. The van der Waals surface area contributed by atoms with Crippen LogP contribution in [0.1, 0.15) is 37.8 Å². The van der Waals surface area contributed by atoms with Crippen molar-refractivity contribution in [2.75, 3.05) is 19.6 Å². The fraction of sp³-hybridized carbons (Fsp3) is 0.529. The molecule has 2 aliphatic heterocycles. The molecule has 0 bridgehead atoms. The lowest BCUT2D eigenvalue weighted by molar-refractivity contribution is -0.139. The fourth-order valence-electron chi connectivity index (χ4n) is 3.26. The number of amides is 1. The Morgan fingerprint density at radius 1 is 1.24 bits per heavy atom. The molecule has 0 radical (unpaired) electrons. The Bertz CT molecular complexity index is 506. The highest BCUT2D eigenvalue weighted by Gasteiger charge is 2.34. The van der Waals surface area contributed by atoms with Gasteiger partial charge in [0.2, 0.25) is 5.91 Å². The minimum Gasteiger partial charge on any atom is -0.304 e. The van der Waals surface area contributed by atoms with Crippen LogP contribution in [0.4, 0.5) is 0 Å². The third-order valence-corrected chi connectivity index (χ3v) is 4.62. The summed E-state index contributed by atoms with van der Waals surface area (Å²) in [4.78, 5) is 15.2. The van der Waals surface area contributed by atoms with E-state index in [2.05, 4.69) is 29.1 Å². The van der Waals surface area contributed by atoms with Gasteiger partial charge in [-0.05, 0) is 38.0 Å². The van der Waals surface area contributed by atoms with Gasteiger partial charge in [0.1, 0.15) is 0 Å². The van der Waals surface area contributed by atoms with Gasteiger partial charge in [0.05, 0.1) is 6.04 Å². The third kappa shape index (κ3) is 3.00. The normalized spacial score (nSPS) is 23.7. The third-order valence-electron chi connectivity index (χ3n) is 4.62. The number of benzene rings is 1. The molecule has 0 aliphatic carbocycles. The molecule has 1 atom stereocenters. The van der Waals surface area contributed by atoms with Gasteiger partial charge in [-0.15, -0.1) is 0 Å². The van der Waals surface area contributed by atoms with Crippen LogP contribution in [0.25, 0.3) is 0 Å². The first-order chi connectivity index (χ1) is 10.3. The Morgan fingerprint density at radius 2 is 1.95 bits per heavy atom. The minimum absolute atomic E-state index is 0.0860. The number of hydrogen-bond donors (Lipinski definition) is 0. The van der Waals surface area contributed by atoms with Crippen molar-refractivity contribution >= 4 is 12.1 Å². The molecule has 1 aromatic carbocycles. The van der Waals surface area contributed by atoms with E-state index in [0.29, 0.717) is 0 Å². The summed E-state index contributed by atoms with van der Waals surface area (Å²) in [5.74, 6) is 0.336. The summed E-state index contributed by atoms with van der Waals surface area (Å²) >= 11 is 0. The standard InChI is InChI=1S/C17H23N3O/c1-2-19-12-9-15(10-13-19)17(21)20-16(8-11-18-20)14-6-4-3-5-7-14/h3-7,11,15-16H,2,8-10,12-13H2,1H3. The second kappa shape index (κ2) is 6.39. The lowest BCUT2D eigenvalue weighted by Crippen LogP contribution is -2.41. The molecule has 1 aromatic rings. The van der Waals surface area contributed by atoms with E-state index >= 15 is 0 Å². The highest BCUT2D eigenvalue weighted by molar-refractivity contribution is 5.82. The zero-order chi connectivity index (χ0) is 14.7. The monoisotopic (exact) mass is 285 g/mol. The molecular formula is C17H23N3O. The molecule has 1 fully saturated rings. The van der Waals surface area contributed by atoms with E-state index in [1.165, 1.54) is 5.56 Å². The van der Waals surface area contributed by atoms with Crippen LogP contribution in [0, 0.1) is 5.92 Å². The maximum Gasteiger partial charge on any atom is 0.246 e. The number of carbonyl (C=O) groups is 1. The molecule has 3 rings (SSSR count). The first-order valence-electron chi connectivity index (χ1n) is 7.92. The van der Waals surface area contributed by atoms with E-state index in [9.17, 15) is 4.79 Å². The largest absolute Gasteiger partial charge is 0.304 e. The van der Waals surface area contributed by atoms with Gasteiger partial charge in [0, 0.05) is 18.6 Å². The summed E-state index contributed by atoms with van der Waals surface area (Å²) in [7, 11) is 0. The molecule has 1 saturated heterocycles. The second-order valence-corrected chi connectivity index (χ2v) is 5.85.